The van der Waals surface area contributed by atoms with Gasteiger partial charge in [0.2, 0.25) is 0 Å². The average Bonchev–Trinajstić information content (AvgIpc) is 2.25. The summed E-state index contributed by atoms with van der Waals surface area (Å²) in [7, 11) is 0. The zero-order valence-electron chi connectivity index (χ0n) is 8.99. The number of aromatic nitrogens is 1. The number of aryl methyl sites for hydroxylation is 1. The van der Waals surface area contributed by atoms with E-state index in [1.54, 1.807) is 6.20 Å². The summed E-state index contributed by atoms with van der Waals surface area (Å²) in [6.07, 6.45) is 3.80. The Hall–Kier alpha value is -1.29. The summed E-state index contributed by atoms with van der Waals surface area (Å²) in [5.74, 6) is 0.911. The highest BCUT2D eigenvalue weighted by molar-refractivity contribution is 5.51. The molecule has 0 saturated carbocycles. The molecule has 0 amide bonds. The monoisotopic (exact) mass is 207 g/mol. The SMILES string of the molecule is Cc1cc(NC2CCOCC2)ncc1N. The van der Waals surface area contributed by atoms with Gasteiger partial charge in [-0.15, -0.1) is 0 Å². The van der Waals surface area contributed by atoms with E-state index in [0.29, 0.717) is 6.04 Å². The van der Waals surface area contributed by atoms with Gasteiger partial charge in [-0.25, -0.2) is 4.98 Å². The molecule has 0 aromatic carbocycles. The van der Waals surface area contributed by atoms with Gasteiger partial charge in [0.15, 0.2) is 0 Å². The Bertz CT molecular complexity index is 335. The highest BCUT2D eigenvalue weighted by Crippen LogP contribution is 2.16. The van der Waals surface area contributed by atoms with Gasteiger partial charge in [0.25, 0.3) is 0 Å². The minimum atomic E-state index is 0.481. The van der Waals surface area contributed by atoms with Crippen molar-refractivity contribution in [2.24, 2.45) is 0 Å². The molecule has 82 valence electrons. The second kappa shape index (κ2) is 4.49. The predicted molar refractivity (Wildman–Crippen MR) is 60.9 cm³/mol. The third-order valence-electron chi connectivity index (χ3n) is 2.72. The third kappa shape index (κ3) is 2.59. The summed E-state index contributed by atoms with van der Waals surface area (Å²) < 4.78 is 5.30. The highest BCUT2D eigenvalue weighted by Gasteiger charge is 2.13. The van der Waals surface area contributed by atoms with Crippen LogP contribution in [0.25, 0.3) is 0 Å². The van der Waals surface area contributed by atoms with Crippen LogP contribution in [0.1, 0.15) is 18.4 Å². The molecule has 4 heteroatoms. The van der Waals surface area contributed by atoms with E-state index in [1.165, 1.54) is 0 Å². The Balaban J connectivity index is 2.00. The van der Waals surface area contributed by atoms with Crippen LogP contribution in [0.2, 0.25) is 0 Å². The number of nitrogens with two attached hydrogens (primary N) is 1. The number of hydrogen-bond donors (Lipinski definition) is 2. The van der Waals surface area contributed by atoms with Crippen LogP contribution in [-0.4, -0.2) is 24.2 Å². The Morgan fingerprint density at radius 1 is 1.47 bits per heavy atom. The summed E-state index contributed by atoms with van der Waals surface area (Å²) in [4.78, 5) is 4.26. The second-order valence-electron chi connectivity index (χ2n) is 3.96. The molecule has 3 N–H and O–H groups in total. The number of pyridine rings is 1. The topological polar surface area (TPSA) is 60.2 Å². The lowest BCUT2D eigenvalue weighted by Gasteiger charge is -2.23. The summed E-state index contributed by atoms with van der Waals surface area (Å²) in [6.45, 7) is 3.67. The van der Waals surface area contributed by atoms with Crippen LogP contribution < -0.4 is 11.1 Å². The molecule has 0 aliphatic carbocycles. The first-order valence-electron chi connectivity index (χ1n) is 5.32. The molecule has 0 atom stereocenters. The van der Waals surface area contributed by atoms with E-state index in [9.17, 15) is 0 Å². The van der Waals surface area contributed by atoms with Gasteiger partial charge < -0.3 is 15.8 Å². The van der Waals surface area contributed by atoms with Gasteiger partial charge in [0, 0.05) is 19.3 Å². The van der Waals surface area contributed by atoms with Gasteiger partial charge in [0.05, 0.1) is 11.9 Å². The molecule has 0 unspecified atom stereocenters. The maximum Gasteiger partial charge on any atom is 0.126 e. The van der Waals surface area contributed by atoms with E-state index >= 15 is 0 Å². The summed E-state index contributed by atoms with van der Waals surface area (Å²) >= 11 is 0. The molecule has 1 fully saturated rings. The molecule has 0 spiro atoms. The molecule has 1 aromatic heterocycles. The third-order valence-corrected chi connectivity index (χ3v) is 2.72. The van der Waals surface area contributed by atoms with Crippen LogP contribution in [0.4, 0.5) is 11.5 Å². The molecule has 1 saturated heterocycles. The molecule has 2 rings (SSSR count). The van der Waals surface area contributed by atoms with Crippen LogP contribution in [0.15, 0.2) is 12.3 Å². The normalized spacial score (nSPS) is 17.7. The lowest BCUT2D eigenvalue weighted by atomic mass is 10.1. The van der Waals surface area contributed by atoms with Gasteiger partial charge in [-0.3, -0.25) is 0 Å². The number of nitrogens with one attached hydrogen (secondary N) is 1. The maximum absolute atomic E-state index is 5.71. The molecule has 0 radical (unpaired) electrons. The van der Waals surface area contributed by atoms with Crippen molar-refractivity contribution in [1.82, 2.24) is 4.98 Å². The van der Waals surface area contributed by atoms with Crippen LogP contribution in [0, 0.1) is 6.92 Å². The molecule has 1 aromatic rings. The van der Waals surface area contributed by atoms with E-state index in [2.05, 4.69) is 10.3 Å². The van der Waals surface area contributed by atoms with Crippen molar-refractivity contribution in [1.29, 1.82) is 0 Å². The van der Waals surface area contributed by atoms with Crippen molar-refractivity contribution in [2.75, 3.05) is 24.3 Å². The Morgan fingerprint density at radius 3 is 2.87 bits per heavy atom. The Labute approximate surface area is 89.8 Å². The minimum Gasteiger partial charge on any atom is -0.397 e. The number of hydrogen-bond acceptors (Lipinski definition) is 4. The van der Waals surface area contributed by atoms with Crippen molar-refractivity contribution in [3.8, 4) is 0 Å². The molecule has 2 heterocycles. The fraction of sp³-hybridized carbons (Fsp3) is 0.545. The van der Waals surface area contributed by atoms with Crippen LogP contribution in [-0.2, 0) is 4.74 Å². The smallest absolute Gasteiger partial charge is 0.126 e. The molecule has 15 heavy (non-hydrogen) atoms. The fourth-order valence-electron chi connectivity index (χ4n) is 1.70. The number of nitrogens with zero attached hydrogens (tertiary/aromatic N) is 1. The molecule has 4 nitrogen and oxygen atoms in total. The van der Waals surface area contributed by atoms with Crippen molar-refractivity contribution >= 4 is 11.5 Å². The maximum atomic E-state index is 5.71. The van der Waals surface area contributed by atoms with E-state index in [-0.39, 0.29) is 0 Å². The zero-order valence-corrected chi connectivity index (χ0v) is 8.99. The lowest BCUT2D eigenvalue weighted by Crippen LogP contribution is -2.28. The highest BCUT2D eigenvalue weighted by atomic mass is 16.5. The molecular formula is C11H17N3O. The van der Waals surface area contributed by atoms with E-state index in [4.69, 9.17) is 10.5 Å². The van der Waals surface area contributed by atoms with Crippen molar-refractivity contribution in [3.05, 3.63) is 17.8 Å². The standard InChI is InChI=1S/C11H17N3O/c1-8-6-11(13-7-10(8)12)14-9-2-4-15-5-3-9/h6-7,9H,2-5,12H2,1H3,(H,13,14). The Morgan fingerprint density at radius 2 is 2.20 bits per heavy atom. The van der Waals surface area contributed by atoms with Crippen LogP contribution in [0.3, 0.4) is 0 Å². The largest absolute Gasteiger partial charge is 0.397 e. The summed E-state index contributed by atoms with van der Waals surface area (Å²) in [6, 6.07) is 2.47. The van der Waals surface area contributed by atoms with E-state index < -0.39 is 0 Å². The van der Waals surface area contributed by atoms with Crippen LogP contribution >= 0.6 is 0 Å². The molecular weight excluding hydrogens is 190 g/mol. The Kier molecular flexibility index (Phi) is 3.06. The van der Waals surface area contributed by atoms with Gasteiger partial charge in [-0.1, -0.05) is 0 Å². The predicted octanol–water partition coefficient (Wildman–Crippen LogP) is 1.56. The minimum absolute atomic E-state index is 0.481. The lowest BCUT2D eigenvalue weighted by molar-refractivity contribution is 0.0904. The number of ether oxygens (including phenoxy) is 1. The zero-order chi connectivity index (χ0) is 10.7. The summed E-state index contributed by atoms with van der Waals surface area (Å²) in [5, 5.41) is 3.40. The van der Waals surface area contributed by atoms with Gasteiger partial charge >= 0.3 is 0 Å². The van der Waals surface area contributed by atoms with E-state index in [1.807, 2.05) is 13.0 Å². The average molecular weight is 207 g/mol. The van der Waals surface area contributed by atoms with Crippen LogP contribution in [0.5, 0.6) is 0 Å². The van der Waals surface area contributed by atoms with E-state index in [0.717, 1.165) is 43.1 Å². The molecule has 0 bridgehead atoms. The first-order chi connectivity index (χ1) is 7.25. The quantitative estimate of drug-likeness (QED) is 0.772. The van der Waals surface area contributed by atoms with Crippen molar-refractivity contribution in [3.63, 3.8) is 0 Å². The number of nitrogen functional groups attached to an aromatic ring is 1. The first-order valence-corrected chi connectivity index (χ1v) is 5.32. The van der Waals surface area contributed by atoms with Crippen molar-refractivity contribution < 1.29 is 4.74 Å². The molecule has 1 aliphatic rings. The van der Waals surface area contributed by atoms with Gasteiger partial charge in [0.1, 0.15) is 5.82 Å². The number of anilines is 2. The summed E-state index contributed by atoms with van der Waals surface area (Å²) in [5.41, 5.74) is 7.52. The molecule has 1 aliphatic heterocycles. The van der Waals surface area contributed by atoms with Gasteiger partial charge in [-0.2, -0.15) is 0 Å². The number of rotatable bonds is 2. The van der Waals surface area contributed by atoms with Gasteiger partial charge in [-0.05, 0) is 31.4 Å². The van der Waals surface area contributed by atoms with Crippen molar-refractivity contribution in [2.45, 2.75) is 25.8 Å². The second-order valence-corrected chi connectivity index (χ2v) is 3.96. The fourth-order valence-corrected chi connectivity index (χ4v) is 1.70. The first kappa shape index (κ1) is 10.2.